The summed E-state index contributed by atoms with van der Waals surface area (Å²) < 4.78 is 5.12. The van der Waals surface area contributed by atoms with Crippen molar-refractivity contribution in [1.29, 1.82) is 0 Å². The van der Waals surface area contributed by atoms with Crippen molar-refractivity contribution >= 4 is 5.91 Å². The standard InChI is InChI=1S/C13H18N2O3/c1-18-9-10-3-6-15(7-4-10)13(17)11-8-14-5-2-12(11)16/h2,5,8,10H,3-4,6-7,9H2,1H3,(H,14,16). The van der Waals surface area contributed by atoms with Crippen molar-refractivity contribution < 1.29 is 9.53 Å². The Morgan fingerprint density at radius 3 is 2.83 bits per heavy atom. The SMILES string of the molecule is COCC1CCN(C(=O)c2c[nH]ccc2=O)CC1. The predicted molar refractivity (Wildman–Crippen MR) is 67.6 cm³/mol. The molecule has 0 atom stereocenters. The largest absolute Gasteiger partial charge is 0.384 e. The van der Waals surface area contributed by atoms with Crippen LogP contribution in [0.2, 0.25) is 0 Å². The number of piperidine rings is 1. The zero-order valence-corrected chi connectivity index (χ0v) is 10.5. The number of hydrogen-bond acceptors (Lipinski definition) is 3. The lowest BCUT2D eigenvalue weighted by molar-refractivity contribution is 0.0612. The highest BCUT2D eigenvalue weighted by Crippen LogP contribution is 2.18. The fourth-order valence-corrected chi connectivity index (χ4v) is 2.29. The smallest absolute Gasteiger partial charge is 0.259 e. The number of rotatable bonds is 3. The molecule has 1 aromatic rings. The normalized spacial score (nSPS) is 16.8. The van der Waals surface area contributed by atoms with E-state index in [9.17, 15) is 9.59 Å². The van der Waals surface area contributed by atoms with Crippen molar-refractivity contribution in [1.82, 2.24) is 9.88 Å². The van der Waals surface area contributed by atoms with Gasteiger partial charge in [0.2, 0.25) is 0 Å². The first kappa shape index (κ1) is 12.8. The van der Waals surface area contributed by atoms with E-state index in [0.717, 1.165) is 19.4 Å². The summed E-state index contributed by atoms with van der Waals surface area (Å²) in [7, 11) is 1.70. The topological polar surface area (TPSA) is 62.4 Å². The van der Waals surface area contributed by atoms with Crippen LogP contribution in [0.3, 0.4) is 0 Å². The van der Waals surface area contributed by atoms with Gasteiger partial charge in [-0.25, -0.2) is 0 Å². The van der Waals surface area contributed by atoms with Crippen LogP contribution in [-0.2, 0) is 4.74 Å². The van der Waals surface area contributed by atoms with Gasteiger partial charge in [0, 0.05) is 45.3 Å². The molecular formula is C13H18N2O3. The van der Waals surface area contributed by atoms with E-state index in [0.29, 0.717) is 19.0 Å². The van der Waals surface area contributed by atoms with Gasteiger partial charge < -0.3 is 14.6 Å². The number of amides is 1. The van der Waals surface area contributed by atoms with Crippen LogP contribution >= 0.6 is 0 Å². The number of carbonyl (C=O) groups is 1. The summed E-state index contributed by atoms with van der Waals surface area (Å²) in [5.41, 5.74) is 0.000423. The second-order valence-corrected chi connectivity index (χ2v) is 4.61. The Hall–Kier alpha value is -1.62. The van der Waals surface area contributed by atoms with E-state index in [1.165, 1.54) is 18.5 Å². The van der Waals surface area contributed by atoms with Crippen molar-refractivity contribution in [2.75, 3.05) is 26.8 Å². The number of aromatic amines is 1. The minimum absolute atomic E-state index is 0.173. The number of H-pyrrole nitrogens is 1. The predicted octanol–water partition coefficient (Wildman–Crippen LogP) is 0.874. The molecule has 5 nitrogen and oxygen atoms in total. The average molecular weight is 250 g/mol. The number of nitrogens with zero attached hydrogens (tertiary/aromatic N) is 1. The lowest BCUT2D eigenvalue weighted by atomic mass is 9.97. The highest BCUT2D eigenvalue weighted by molar-refractivity contribution is 5.93. The highest BCUT2D eigenvalue weighted by atomic mass is 16.5. The molecule has 0 aromatic carbocycles. The van der Waals surface area contributed by atoms with E-state index >= 15 is 0 Å². The maximum atomic E-state index is 12.2. The fraction of sp³-hybridized carbons (Fsp3) is 0.538. The van der Waals surface area contributed by atoms with E-state index < -0.39 is 0 Å². The molecule has 0 unspecified atom stereocenters. The molecule has 5 heteroatoms. The zero-order valence-electron chi connectivity index (χ0n) is 10.5. The Labute approximate surface area is 106 Å². The third-order valence-corrected chi connectivity index (χ3v) is 3.36. The average Bonchev–Trinajstić information content (AvgIpc) is 2.40. The molecule has 0 bridgehead atoms. The summed E-state index contributed by atoms with van der Waals surface area (Å²) in [4.78, 5) is 28.3. The first-order valence-corrected chi connectivity index (χ1v) is 6.17. The van der Waals surface area contributed by atoms with Crippen LogP contribution < -0.4 is 5.43 Å². The van der Waals surface area contributed by atoms with Crippen molar-refractivity contribution in [2.24, 2.45) is 5.92 Å². The van der Waals surface area contributed by atoms with Gasteiger partial charge in [0.05, 0.1) is 0 Å². The molecule has 2 rings (SSSR count). The lowest BCUT2D eigenvalue weighted by Crippen LogP contribution is -2.41. The number of likely N-dealkylation sites (tertiary alicyclic amines) is 1. The Morgan fingerprint density at radius 1 is 1.50 bits per heavy atom. The third-order valence-electron chi connectivity index (χ3n) is 3.36. The van der Waals surface area contributed by atoms with Crippen LogP contribution in [0, 0.1) is 5.92 Å². The summed E-state index contributed by atoms with van der Waals surface area (Å²) in [6, 6.07) is 1.38. The van der Waals surface area contributed by atoms with Crippen molar-refractivity contribution in [2.45, 2.75) is 12.8 Å². The number of nitrogens with one attached hydrogen (secondary N) is 1. The molecule has 1 fully saturated rings. The quantitative estimate of drug-likeness (QED) is 0.866. The highest BCUT2D eigenvalue weighted by Gasteiger charge is 2.24. The third kappa shape index (κ3) is 2.79. The molecule has 2 heterocycles. The van der Waals surface area contributed by atoms with Crippen LogP contribution in [0.1, 0.15) is 23.2 Å². The Morgan fingerprint density at radius 2 is 2.22 bits per heavy atom. The molecular weight excluding hydrogens is 232 g/mol. The van der Waals surface area contributed by atoms with Crippen LogP contribution in [0.25, 0.3) is 0 Å². The molecule has 1 aliphatic rings. The lowest BCUT2D eigenvalue weighted by Gasteiger charge is -2.31. The number of aromatic nitrogens is 1. The molecule has 0 spiro atoms. The molecule has 1 amide bonds. The van der Waals surface area contributed by atoms with E-state index in [1.54, 1.807) is 12.0 Å². The van der Waals surface area contributed by atoms with Crippen molar-refractivity contribution in [3.8, 4) is 0 Å². The summed E-state index contributed by atoms with van der Waals surface area (Å²) in [6.07, 6.45) is 4.88. The van der Waals surface area contributed by atoms with Gasteiger partial charge in [-0.1, -0.05) is 0 Å². The maximum absolute atomic E-state index is 12.2. The summed E-state index contributed by atoms with van der Waals surface area (Å²) >= 11 is 0. The molecule has 0 aliphatic carbocycles. The molecule has 1 aliphatic heterocycles. The number of ether oxygens (including phenoxy) is 1. The summed E-state index contributed by atoms with van der Waals surface area (Å²) in [5.74, 6) is 0.348. The second-order valence-electron chi connectivity index (χ2n) is 4.61. The van der Waals surface area contributed by atoms with Gasteiger partial charge in [-0.15, -0.1) is 0 Å². The maximum Gasteiger partial charge on any atom is 0.259 e. The summed E-state index contributed by atoms with van der Waals surface area (Å²) in [5, 5.41) is 0. The summed E-state index contributed by atoms with van der Waals surface area (Å²) in [6.45, 7) is 2.14. The molecule has 1 aromatic heterocycles. The van der Waals surface area contributed by atoms with Gasteiger partial charge >= 0.3 is 0 Å². The van der Waals surface area contributed by atoms with Crippen molar-refractivity contribution in [3.63, 3.8) is 0 Å². The van der Waals surface area contributed by atoms with Crippen LogP contribution in [0.15, 0.2) is 23.3 Å². The number of carbonyl (C=O) groups excluding carboxylic acids is 1. The monoisotopic (exact) mass is 250 g/mol. The first-order chi connectivity index (χ1) is 8.72. The van der Waals surface area contributed by atoms with Gasteiger partial charge in [0.1, 0.15) is 5.56 Å². The minimum atomic E-state index is -0.224. The molecule has 18 heavy (non-hydrogen) atoms. The zero-order chi connectivity index (χ0) is 13.0. The van der Waals surface area contributed by atoms with Gasteiger partial charge in [-0.05, 0) is 18.8 Å². The molecule has 1 N–H and O–H groups in total. The molecule has 98 valence electrons. The van der Waals surface area contributed by atoms with E-state index in [-0.39, 0.29) is 16.9 Å². The molecule has 1 saturated heterocycles. The fourth-order valence-electron chi connectivity index (χ4n) is 2.29. The van der Waals surface area contributed by atoms with Gasteiger partial charge in [-0.3, -0.25) is 9.59 Å². The van der Waals surface area contributed by atoms with Crippen LogP contribution in [0.4, 0.5) is 0 Å². The molecule has 0 saturated carbocycles. The minimum Gasteiger partial charge on any atom is -0.384 e. The van der Waals surface area contributed by atoms with E-state index in [1.807, 2.05) is 0 Å². The van der Waals surface area contributed by atoms with Gasteiger partial charge in [0.15, 0.2) is 5.43 Å². The molecule has 0 radical (unpaired) electrons. The van der Waals surface area contributed by atoms with Crippen LogP contribution in [0.5, 0.6) is 0 Å². The Kier molecular flexibility index (Phi) is 4.15. The Balaban J connectivity index is 2.00. The number of pyridine rings is 1. The first-order valence-electron chi connectivity index (χ1n) is 6.17. The van der Waals surface area contributed by atoms with Gasteiger partial charge in [-0.2, -0.15) is 0 Å². The number of methoxy groups -OCH3 is 1. The van der Waals surface area contributed by atoms with Crippen molar-refractivity contribution in [3.05, 3.63) is 34.2 Å². The van der Waals surface area contributed by atoms with E-state index in [4.69, 9.17) is 4.74 Å². The van der Waals surface area contributed by atoms with E-state index in [2.05, 4.69) is 4.98 Å². The van der Waals surface area contributed by atoms with Gasteiger partial charge in [0.25, 0.3) is 5.91 Å². The van der Waals surface area contributed by atoms with Crippen LogP contribution in [-0.4, -0.2) is 42.6 Å². The number of hydrogen-bond donors (Lipinski definition) is 1. The second kappa shape index (κ2) is 5.82. The Bertz CT molecular complexity index is 461.